The van der Waals surface area contributed by atoms with Crippen LogP contribution in [0.1, 0.15) is 19.3 Å². The zero-order valence-electron chi connectivity index (χ0n) is 9.37. The van der Waals surface area contributed by atoms with E-state index in [1.807, 2.05) is 0 Å². The number of piperidine rings is 1. The van der Waals surface area contributed by atoms with Crippen molar-refractivity contribution < 1.29 is 9.84 Å². The van der Waals surface area contributed by atoms with Gasteiger partial charge in [0.15, 0.2) is 0 Å². The number of nitrogens with one attached hydrogen (secondary N) is 1. The molecule has 2 fully saturated rings. The molecule has 0 radical (unpaired) electrons. The Morgan fingerprint density at radius 3 is 2.87 bits per heavy atom. The zero-order valence-corrected chi connectivity index (χ0v) is 9.37. The van der Waals surface area contributed by atoms with E-state index in [1.54, 1.807) is 0 Å². The highest BCUT2D eigenvalue weighted by atomic mass is 16.5. The number of nitrogens with zero attached hydrogens (tertiary/aromatic N) is 1. The van der Waals surface area contributed by atoms with Crippen molar-refractivity contribution in [1.29, 1.82) is 0 Å². The van der Waals surface area contributed by atoms with Crippen LogP contribution in [0.3, 0.4) is 0 Å². The summed E-state index contributed by atoms with van der Waals surface area (Å²) in [6.45, 7) is 6.25. The molecular weight excluding hydrogens is 192 g/mol. The quantitative estimate of drug-likeness (QED) is 0.684. The molecule has 0 aliphatic carbocycles. The van der Waals surface area contributed by atoms with Gasteiger partial charge in [-0.25, -0.2) is 0 Å². The minimum absolute atomic E-state index is 0.263. The van der Waals surface area contributed by atoms with Gasteiger partial charge in [0.2, 0.25) is 0 Å². The minimum Gasteiger partial charge on any atom is -0.396 e. The molecular formula is C11H22N2O2. The molecule has 4 nitrogen and oxygen atoms in total. The average Bonchev–Trinajstić information content (AvgIpc) is 2.29. The Hall–Kier alpha value is -0.160. The van der Waals surface area contributed by atoms with Gasteiger partial charge in [-0.1, -0.05) is 0 Å². The number of rotatable bonds is 3. The van der Waals surface area contributed by atoms with Gasteiger partial charge in [0.1, 0.15) is 0 Å². The summed E-state index contributed by atoms with van der Waals surface area (Å²) < 4.78 is 5.64. The Bertz CT molecular complexity index is 185. The smallest absolute Gasteiger partial charge is 0.0652 e. The number of hydrogen-bond acceptors (Lipinski definition) is 4. The van der Waals surface area contributed by atoms with Crippen molar-refractivity contribution >= 4 is 0 Å². The van der Waals surface area contributed by atoms with E-state index in [9.17, 15) is 0 Å². The van der Waals surface area contributed by atoms with Crippen molar-refractivity contribution in [2.75, 3.05) is 46.0 Å². The summed E-state index contributed by atoms with van der Waals surface area (Å²) in [5, 5.41) is 12.3. The number of aliphatic hydroxyl groups is 1. The fourth-order valence-corrected chi connectivity index (χ4v) is 2.73. The van der Waals surface area contributed by atoms with Gasteiger partial charge >= 0.3 is 0 Å². The first-order chi connectivity index (χ1) is 7.37. The first-order valence-corrected chi connectivity index (χ1v) is 6.02. The maximum Gasteiger partial charge on any atom is 0.0652 e. The van der Waals surface area contributed by atoms with Gasteiger partial charge in [-0.3, -0.25) is 4.90 Å². The van der Waals surface area contributed by atoms with Crippen molar-refractivity contribution in [1.82, 2.24) is 10.2 Å². The second kappa shape index (κ2) is 5.25. The molecule has 4 heteroatoms. The van der Waals surface area contributed by atoms with Crippen molar-refractivity contribution in [3.05, 3.63) is 0 Å². The SMILES string of the molecule is OCCCN1CCOCC12CCNCC2. The molecule has 0 bridgehead atoms. The normalized spacial score (nSPS) is 27.0. The summed E-state index contributed by atoms with van der Waals surface area (Å²) in [5.74, 6) is 0. The molecule has 15 heavy (non-hydrogen) atoms. The molecule has 0 unspecified atom stereocenters. The standard InChI is InChI=1S/C11H22N2O2/c14-8-1-6-13-7-9-15-10-11(13)2-4-12-5-3-11/h12,14H,1-10H2. The topological polar surface area (TPSA) is 44.7 Å². The maximum atomic E-state index is 8.91. The second-order valence-corrected chi connectivity index (χ2v) is 4.59. The lowest BCUT2D eigenvalue weighted by molar-refractivity contribution is -0.0835. The summed E-state index contributed by atoms with van der Waals surface area (Å²) in [6.07, 6.45) is 3.24. The van der Waals surface area contributed by atoms with Gasteiger partial charge in [0.25, 0.3) is 0 Å². The highest BCUT2D eigenvalue weighted by Crippen LogP contribution is 2.29. The molecule has 2 rings (SSSR count). The molecule has 2 saturated heterocycles. The molecule has 0 saturated carbocycles. The minimum atomic E-state index is 0.263. The molecule has 0 aromatic heterocycles. The molecule has 2 N–H and O–H groups in total. The highest BCUT2D eigenvalue weighted by Gasteiger charge is 2.39. The van der Waals surface area contributed by atoms with Gasteiger partial charge in [-0.15, -0.1) is 0 Å². The third-order valence-corrected chi connectivity index (χ3v) is 3.67. The summed E-state index contributed by atoms with van der Waals surface area (Å²) in [5.41, 5.74) is 0.263. The maximum absolute atomic E-state index is 8.91. The third kappa shape index (κ3) is 2.50. The number of morpholine rings is 1. The van der Waals surface area contributed by atoms with Crippen molar-refractivity contribution in [2.45, 2.75) is 24.8 Å². The molecule has 2 aliphatic rings. The van der Waals surface area contributed by atoms with E-state index in [0.717, 1.165) is 45.8 Å². The van der Waals surface area contributed by atoms with E-state index in [-0.39, 0.29) is 5.54 Å². The Balaban J connectivity index is 1.97. The van der Waals surface area contributed by atoms with Crippen LogP contribution in [0.2, 0.25) is 0 Å². The van der Waals surface area contributed by atoms with Crippen LogP contribution in [0, 0.1) is 0 Å². The predicted octanol–water partition coefficient (Wildman–Crippen LogP) is -0.177. The highest BCUT2D eigenvalue weighted by molar-refractivity contribution is 4.96. The lowest BCUT2D eigenvalue weighted by Crippen LogP contribution is -2.61. The van der Waals surface area contributed by atoms with Crippen molar-refractivity contribution in [3.8, 4) is 0 Å². The summed E-state index contributed by atoms with van der Waals surface area (Å²) in [6, 6.07) is 0. The van der Waals surface area contributed by atoms with Crippen LogP contribution in [-0.2, 0) is 4.74 Å². The van der Waals surface area contributed by atoms with Crippen LogP contribution in [0.5, 0.6) is 0 Å². The molecule has 88 valence electrons. The van der Waals surface area contributed by atoms with Crippen LogP contribution >= 0.6 is 0 Å². The number of ether oxygens (including phenoxy) is 1. The molecule has 0 aromatic rings. The Morgan fingerprint density at radius 1 is 1.33 bits per heavy atom. The van der Waals surface area contributed by atoms with Gasteiger partial charge in [-0.05, 0) is 32.4 Å². The molecule has 2 aliphatic heterocycles. The Labute approximate surface area is 91.6 Å². The summed E-state index contributed by atoms with van der Waals surface area (Å²) >= 11 is 0. The first-order valence-electron chi connectivity index (χ1n) is 6.02. The zero-order chi connectivity index (χ0) is 10.6. The second-order valence-electron chi connectivity index (χ2n) is 4.59. The van der Waals surface area contributed by atoms with Gasteiger partial charge < -0.3 is 15.2 Å². The molecule has 2 heterocycles. The van der Waals surface area contributed by atoms with Crippen LogP contribution in [0.15, 0.2) is 0 Å². The van der Waals surface area contributed by atoms with Crippen molar-refractivity contribution in [2.24, 2.45) is 0 Å². The van der Waals surface area contributed by atoms with Crippen LogP contribution < -0.4 is 5.32 Å². The summed E-state index contributed by atoms with van der Waals surface area (Å²) in [7, 11) is 0. The average molecular weight is 214 g/mol. The van der Waals surface area contributed by atoms with Crippen molar-refractivity contribution in [3.63, 3.8) is 0 Å². The van der Waals surface area contributed by atoms with Gasteiger partial charge in [0, 0.05) is 25.2 Å². The lowest BCUT2D eigenvalue weighted by atomic mass is 9.86. The van der Waals surface area contributed by atoms with E-state index < -0.39 is 0 Å². The van der Waals surface area contributed by atoms with E-state index >= 15 is 0 Å². The van der Waals surface area contributed by atoms with Crippen LogP contribution in [0.25, 0.3) is 0 Å². The van der Waals surface area contributed by atoms with E-state index in [0.29, 0.717) is 6.61 Å². The predicted molar refractivity (Wildman–Crippen MR) is 58.9 cm³/mol. The van der Waals surface area contributed by atoms with Gasteiger partial charge in [-0.2, -0.15) is 0 Å². The monoisotopic (exact) mass is 214 g/mol. The van der Waals surface area contributed by atoms with Crippen LogP contribution in [0.4, 0.5) is 0 Å². The van der Waals surface area contributed by atoms with E-state index in [2.05, 4.69) is 10.2 Å². The summed E-state index contributed by atoms with van der Waals surface area (Å²) in [4.78, 5) is 2.54. The molecule has 0 amide bonds. The Morgan fingerprint density at radius 2 is 2.13 bits per heavy atom. The third-order valence-electron chi connectivity index (χ3n) is 3.67. The number of aliphatic hydroxyl groups excluding tert-OH is 1. The molecule has 1 spiro atoms. The fraction of sp³-hybridized carbons (Fsp3) is 1.00. The molecule has 0 aromatic carbocycles. The lowest BCUT2D eigenvalue weighted by Gasteiger charge is -2.49. The number of hydrogen-bond donors (Lipinski definition) is 2. The Kier molecular flexibility index (Phi) is 3.97. The molecule has 0 atom stereocenters. The fourth-order valence-electron chi connectivity index (χ4n) is 2.73. The van der Waals surface area contributed by atoms with Crippen LogP contribution in [-0.4, -0.2) is 61.5 Å². The largest absolute Gasteiger partial charge is 0.396 e. The van der Waals surface area contributed by atoms with E-state index in [4.69, 9.17) is 9.84 Å². The first kappa shape index (κ1) is 11.3. The van der Waals surface area contributed by atoms with Gasteiger partial charge in [0.05, 0.1) is 13.2 Å². The van der Waals surface area contributed by atoms with E-state index in [1.165, 1.54) is 12.8 Å².